The van der Waals surface area contributed by atoms with Gasteiger partial charge in [-0.1, -0.05) is 0 Å². The maximum absolute atomic E-state index is 13.5. The second-order valence-corrected chi connectivity index (χ2v) is 8.65. The van der Waals surface area contributed by atoms with E-state index in [9.17, 15) is 31.2 Å². The van der Waals surface area contributed by atoms with Crippen molar-refractivity contribution in [2.24, 2.45) is 0 Å². The number of hydrogen-bond acceptors (Lipinski definition) is 7. The molecule has 0 unspecified atom stereocenters. The maximum atomic E-state index is 13.5. The van der Waals surface area contributed by atoms with E-state index in [4.69, 9.17) is 0 Å². The smallest absolute Gasteiger partial charge is 0.351 e. The van der Waals surface area contributed by atoms with Crippen molar-refractivity contribution in [1.29, 1.82) is 0 Å². The Balaban J connectivity index is 1.72. The molecule has 29 heavy (non-hydrogen) atoms. The number of nitrogens with zero attached hydrogens (tertiary/aromatic N) is 4. The fourth-order valence-electron chi connectivity index (χ4n) is 2.81. The molecule has 0 spiro atoms. The molecule has 14 heteroatoms. The molecule has 10 nitrogen and oxygen atoms in total. The van der Waals surface area contributed by atoms with Crippen LogP contribution in [0.3, 0.4) is 0 Å². The number of alkyl halides is 3. The van der Waals surface area contributed by atoms with Crippen molar-refractivity contribution < 1.29 is 26.4 Å². The molecular weight excluding hydrogens is 417 g/mol. The molecule has 1 amide bonds. The molecule has 1 aliphatic heterocycles. The SMILES string of the molecule is O=C(NCCN1CCS(=O)(=O)CC1)c1cnn(-c2ccc(=O)[nH]n2)c1C(F)(F)F. The van der Waals surface area contributed by atoms with E-state index in [1.54, 1.807) is 4.90 Å². The molecule has 2 aromatic heterocycles. The molecule has 0 radical (unpaired) electrons. The van der Waals surface area contributed by atoms with Crippen molar-refractivity contribution in [3.05, 3.63) is 39.9 Å². The van der Waals surface area contributed by atoms with Gasteiger partial charge in [0.15, 0.2) is 21.3 Å². The zero-order valence-corrected chi connectivity index (χ0v) is 15.8. The highest BCUT2D eigenvalue weighted by atomic mass is 32.2. The summed E-state index contributed by atoms with van der Waals surface area (Å²) < 4.78 is 63.9. The lowest BCUT2D eigenvalue weighted by molar-refractivity contribution is -0.143. The summed E-state index contributed by atoms with van der Waals surface area (Å²) in [5.41, 5.74) is -2.61. The number of nitrogens with one attached hydrogen (secondary N) is 2. The van der Waals surface area contributed by atoms with Gasteiger partial charge in [0.1, 0.15) is 0 Å². The van der Waals surface area contributed by atoms with Crippen LogP contribution in [0.1, 0.15) is 16.1 Å². The second kappa shape index (κ2) is 7.94. The zero-order valence-electron chi connectivity index (χ0n) is 14.9. The fourth-order valence-corrected chi connectivity index (χ4v) is 4.09. The summed E-state index contributed by atoms with van der Waals surface area (Å²) in [5.74, 6) is -1.25. The Morgan fingerprint density at radius 2 is 1.93 bits per heavy atom. The van der Waals surface area contributed by atoms with E-state index in [1.807, 2.05) is 5.10 Å². The van der Waals surface area contributed by atoms with E-state index in [-0.39, 0.29) is 23.9 Å². The van der Waals surface area contributed by atoms with Gasteiger partial charge in [0, 0.05) is 32.2 Å². The number of H-pyrrole nitrogens is 1. The summed E-state index contributed by atoms with van der Waals surface area (Å²) in [6, 6.07) is 2.04. The van der Waals surface area contributed by atoms with Gasteiger partial charge in [0.2, 0.25) is 0 Å². The molecule has 158 valence electrons. The third kappa shape index (κ3) is 5.00. The lowest BCUT2D eigenvalue weighted by Gasteiger charge is -2.26. The van der Waals surface area contributed by atoms with Gasteiger partial charge in [0.25, 0.3) is 11.5 Å². The lowest BCUT2D eigenvalue weighted by atomic mass is 10.2. The average Bonchev–Trinajstić information content (AvgIpc) is 3.09. The van der Waals surface area contributed by atoms with Crippen molar-refractivity contribution in [3.63, 3.8) is 0 Å². The van der Waals surface area contributed by atoms with Gasteiger partial charge in [0.05, 0.1) is 23.3 Å². The van der Waals surface area contributed by atoms with Crippen molar-refractivity contribution in [1.82, 2.24) is 30.2 Å². The van der Waals surface area contributed by atoms with Gasteiger partial charge in [-0.3, -0.25) is 14.5 Å². The van der Waals surface area contributed by atoms with E-state index in [0.29, 0.717) is 24.3 Å². The first kappa shape index (κ1) is 21.0. The van der Waals surface area contributed by atoms with Crippen LogP contribution in [0.5, 0.6) is 0 Å². The van der Waals surface area contributed by atoms with Crippen molar-refractivity contribution in [3.8, 4) is 5.82 Å². The molecule has 2 N–H and O–H groups in total. The quantitative estimate of drug-likeness (QED) is 0.645. The predicted octanol–water partition coefficient (Wildman–Crippen LogP) is -0.565. The Morgan fingerprint density at radius 3 is 2.52 bits per heavy atom. The molecule has 0 aromatic carbocycles. The first-order valence-electron chi connectivity index (χ1n) is 8.49. The number of carbonyl (C=O) groups is 1. The Hall–Kier alpha value is -2.74. The third-order valence-electron chi connectivity index (χ3n) is 4.31. The number of rotatable bonds is 5. The Morgan fingerprint density at radius 1 is 1.24 bits per heavy atom. The summed E-state index contributed by atoms with van der Waals surface area (Å²) in [4.78, 5) is 25.2. The molecule has 0 aliphatic carbocycles. The van der Waals surface area contributed by atoms with Gasteiger partial charge in [-0.05, 0) is 6.07 Å². The third-order valence-corrected chi connectivity index (χ3v) is 5.92. The molecular formula is C15H17F3N6O4S. The monoisotopic (exact) mass is 434 g/mol. The summed E-state index contributed by atoms with van der Waals surface area (Å²) >= 11 is 0. The molecule has 3 heterocycles. The van der Waals surface area contributed by atoms with Crippen LogP contribution in [0, 0.1) is 0 Å². The fraction of sp³-hybridized carbons (Fsp3) is 0.467. The number of hydrogen-bond donors (Lipinski definition) is 2. The van der Waals surface area contributed by atoms with Crippen LogP contribution in [0.4, 0.5) is 13.2 Å². The summed E-state index contributed by atoms with van der Waals surface area (Å²) in [6.45, 7) is 0.958. The van der Waals surface area contributed by atoms with Crippen molar-refractivity contribution in [2.45, 2.75) is 6.18 Å². The number of halogens is 3. The van der Waals surface area contributed by atoms with E-state index >= 15 is 0 Å². The largest absolute Gasteiger partial charge is 0.434 e. The van der Waals surface area contributed by atoms with Gasteiger partial charge in [-0.25, -0.2) is 18.2 Å². The van der Waals surface area contributed by atoms with Gasteiger partial charge in [-0.2, -0.15) is 23.4 Å². The molecule has 1 saturated heterocycles. The highest BCUT2D eigenvalue weighted by Gasteiger charge is 2.41. The van der Waals surface area contributed by atoms with Gasteiger partial charge in [-0.15, -0.1) is 0 Å². The average molecular weight is 434 g/mol. The molecule has 0 bridgehead atoms. The molecule has 1 aliphatic rings. The standard InChI is InChI=1S/C15H17F3N6O4S/c16-15(17,18)13-10(9-20-24(13)11-1-2-12(25)22-21-11)14(26)19-3-4-23-5-7-29(27,28)8-6-23/h1-2,9H,3-8H2,(H,19,26)(H,22,25). The van der Waals surface area contributed by atoms with Crippen LogP contribution < -0.4 is 10.9 Å². The molecule has 3 rings (SSSR count). The first-order chi connectivity index (χ1) is 13.6. The van der Waals surface area contributed by atoms with Crippen molar-refractivity contribution >= 4 is 15.7 Å². The summed E-state index contributed by atoms with van der Waals surface area (Å²) in [7, 11) is -3.04. The Labute approximate surface area is 162 Å². The van der Waals surface area contributed by atoms with Crippen LogP contribution in [-0.4, -0.2) is 76.9 Å². The topological polar surface area (TPSA) is 130 Å². The Kier molecular flexibility index (Phi) is 5.75. The summed E-state index contributed by atoms with van der Waals surface area (Å²) in [6.07, 6.45) is -4.12. The number of aromatic nitrogens is 4. The zero-order chi connectivity index (χ0) is 21.2. The number of carbonyl (C=O) groups excluding carboxylic acids is 1. The highest BCUT2D eigenvalue weighted by molar-refractivity contribution is 7.91. The molecule has 0 saturated carbocycles. The predicted molar refractivity (Wildman–Crippen MR) is 94.4 cm³/mol. The lowest BCUT2D eigenvalue weighted by Crippen LogP contribution is -2.44. The minimum absolute atomic E-state index is 0.0120. The van der Waals surface area contributed by atoms with Gasteiger partial charge >= 0.3 is 6.18 Å². The number of sulfone groups is 1. The van der Waals surface area contributed by atoms with E-state index in [2.05, 4.69) is 15.5 Å². The second-order valence-electron chi connectivity index (χ2n) is 6.35. The van der Waals surface area contributed by atoms with Crippen LogP contribution >= 0.6 is 0 Å². The highest BCUT2D eigenvalue weighted by Crippen LogP contribution is 2.33. The Bertz CT molecular complexity index is 1030. The van der Waals surface area contributed by atoms with Crippen LogP contribution in [0.25, 0.3) is 5.82 Å². The van der Waals surface area contributed by atoms with E-state index in [0.717, 1.165) is 18.3 Å². The van der Waals surface area contributed by atoms with Crippen LogP contribution in [0.15, 0.2) is 23.1 Å². The number of aromatic amines is 1. The maximum Gasteiger partial charge on any atom is 0.434 e. The number of amides is 1. The van der Waals surface area contributed by atoms with Crippen LogP contribution in [0.2, 0.25) is 0 Å². The minimum Gasteiger partial charge on any atom is -0.351 e. The van der Waals surface area contributed by atoms with Gasteiger partial charge < -0.3 is 5.32 Å². The van der Waals surface area contributed by atoms with Crippen molar-refractivity contribution in [2.75, 3.05) is 37.7 Å². The minimum atomic E-state index is -4.90. The first-order valence-corrected chi connectivity index (χ1v) is 10.3. The van der Waals surface area contributed by atoms with E-state index < -0.39 is 38.7 Å². The molecule has 0 atom stereocenters. The normalized spacial score (nSPS) is 17.2. The summed E-state index contributed by atoms with van der Waals surface area (Å²) in [5, 5.41) is 11.5. The molecule has 1 fully saturated rings. The molecule has 2 aromatic rings. The van der Waals surface area contributed by atoms with Crippen LogP contribution in [-0.2, 0) is 16.0 Å². The van der Waals surface area contributed by atoms with E-state index in [1.165, 1.54) is 0 Å².